The standard InChI is InChI=1S/C18H33NO/c1-5-12-19-17(16-7-6-13-20-16)14-8-10-15(11-9-14)18(2,3)4/h7,14-15,17,19H,5-6,8-13H2,1-4H3. The number of hydrogen-bond donors (Lipinski definition) is 1. The highest BCUT2D eigenvalue weighted by molar-refractivity contribution is 5.10. The van der Waals surface area contributed by atoms with E-state index in [2.05, 4.69) is 39.1 Å². The van der Waals surface area contributed by atoms with Crippen LogP contribution in [-0.2, 0) is 4.74 Å². The first kappa shape index (κ1) is 15.9. The van der Waals surface area contributed by atoms with Crippen molar-refractivity contribution in [2.45, 2.75) is 72.3 Å². The summed E-state index contributed by atoms with van der Waals surface area (Å²) in [5, 5.41) is 3.74. The van der Waals surface area contributed by atoms with Gasteiger partial charge >= 0.3 is 0 Å². The molecule has 2 heteroatoms. The van der Waals surface area contributed by atoms with Gasteiger partial charge in [-0.05, 0) is 62.0 Å². The van der Waals surface area contributed by atoms with E-state index in [1.807, 2.05) is 0 Å². The van der Waals surface area contributed by atoms with Gasteiger partial charge in [-0.1, -0.05) is 27.7 Å². The van der Waals surface area contributed by atoms with E-state index >= 15 is 0 Å². The minimum atomic E-state index is 0.471. The average Bonchev–Trinajstić information content (AvgIpc) is 2.93. The van der Waals surface area contributed by atoms with E-state index in [1.54, 1.807) is 0 Å². The molecule has 1 unspecified atom stereocenters. The van der Waals surface area contributed by atoms with Gasteiger partial charge in [-0.2, -0.15) is 0 Å². The number of ether oxygens (including phenoxy) is 1. The fourth-order valence-electron chi connectivity index (χ4n) is 3.77. The summed E-state index contributed by atoms with van der Waals surface area (Å²) in [6.45, 7) is 11.4. The molecule has 1 fully saturated rings. The molecule has 1 atom stereocenters. The molecular weight excluding hydrogens is 246 g/mol. The Balaban J connectivity index is 1.93. The maximum atomic E-state index is 5.86. The van der Waals surface area contributed by atoms with Crippen LogP contribution >= 0.6 is 0 Å². The van der Waals surface area contributed by atoms with Crippen LogP contribution in [0.25, 0.3) is 0 Å². The van der Waals surface area contributed by atoms with Gasteiger partial charge in [-0.25, -0.2) is 0 Å². The van der Waals surface area contributed by atoms with E-state index in [1.165, 1.54) is 37.9 Å². The molecule has 1 heterocycles. The van der Waals surface area contributed by atoms with Crippen molar-refractivity contribution in [1.29, 1.82) is 0 Å². The van der Waals surface area contributed by atoms with Crippen molar-refractivity contribution in [3.05, 3.63) is 11.8 Å². The molecule has 1 aliphatic carbocycles. The monoisotopic (exact) mass is 279 g/mol. The van der Waals surface area contributed by atoms with Gasteiger partial charge in [0, 0.05) is 6.42 Å². The first-order valence-electron chi connectivity index (χ1n) is 8.58. The first-order chi connectivity index (χ1) is 9.52. The Morgan fingerprint density at radius 2 is 1.95 bits per heavy atom. The zero-order chi connectivity index (χ0) is 14.6. The third kappa shape index (κ3) is 4.00. The van der Waals surface area contributed by atoms with Crippen LogP contribution < -0.4 is 5.32 Å². The smallest absolute Gasteiger partial charge is 0.109 e. The second-order valence-electron chi connectivity index (χ2n) is 7.65. The predicted octanol–water partition coefficient (Wildman–Crippen LogP) is 4.51. The van der Waals surface area contributed by atoms with Crippen LogP contribution in [0.4, 0.5) is 0 Å². The molecule has 0 saturated heterocycles. The van der Waals surface area contributed by atoms with Crippen molar-refractivity contribution >= 4 is 0 Å². The molecular formula is C18H33NO. The van der Waals surface area contributed by atoms with Crippen molar-refractivity contribution < 1.29 is 4.74 Å². The molecule has 0 spiro atoms. The lowest BCUT2D eigenvalue weighted by molar-refractivity contribution is 0.119. The van der Waals surface area contributed by atoms with Crippen molar-refractivity contribution in [2.24, 2.45) is 17.3 Å². The molecule has 0 radical (unpaired) electrons. The Kier molecular flexibility index (Phi) is 5.54. The lowest BCUT2D eigenvalue weighted by atomic mass is 9.68. The molecule has 2 rings (SSSR count). The summed E-state index contributed by atoms with van der Waals surface area (Å²) in [6.07, 6.45) is 10.1. The largest absolute Gasteiger partial charge is 0.496 e. The Labute approximate surface area is 125 Å². The summed E-state index contributed by atoms with van der Waals surface area (Å²) in [5.41, 5.74) is 0.473. The molecule has 1 N–H and O–H groups in total. The van der Waals surface area contributed by atoms with Gasteiger partial charge in [0.05, 0.1) is 12.6 Å². The van der Waals surface area contributed by atoms with Gasteiger partial charge in [-0.3, -0.25) is 0 Å². The van der Waals surface area contributed by atoms with E-state index < -0.39 is 0 Å². The number of nitrogens with one attached hydrogen (secondary N) is 1. The maximum Gasteiger partial charge on any atom is 0.109 e. The average molecular weight is 279 g/mol. The molecule has 20 heavy (non-hydrogen) atoms. The van der Waals surface area contributed by atoms with E-state index in [-0.39, 0.29) is 0 Å². The summed E-state index contributed by atoms with van der Waals surface area (Å²) in [7, 11) is 0. The second kappa shape index (κ2) is 6.98. The van der Waals surface area contributed by atoms with Crippen LogP contribution in [0, 0.1) is 17.3 Å². The highest BCUT2D eigenvalue weighted by Gasteiger charge is 2.34. The van der Waals surface area contributed by atoms with Gasteiger partial charge in [0.2, 0.25) is 0 Å². The minimum Gasteiger partial charge on any atom is -0.496 e. The Morgan fingerprint density at radius 3 is 2.45 bits per heavy atom. The summed E-state index contributed by atoms with van der Waals surface area (Å²) < 4.78 is 5.86. The zero-order valence-electron chi connectivity index (χ0n) is 13.9. The van der Waals surface area contributed by atoms with E-state index in [0.29, 0.717) is 11.5 Å². The van der Waals surface area contributed by atoms with E-state index in [0.717, 1.165) is 31.4 Å². The molecule has 0 aromatic rings. The SMILES string of the molecule is CCCNC(C1=CCCO1)C1CCC(C(C)(C)C)CC1. The molecule has 0 aromatic carbocycles. The first-order valence-corrected chi connectivity index (χ1v) is 8.58. The highest BCUT2D eigenvalue weighted by atomic mass is 16.5. The van der Waals surface area contributed by atoms with Gasteiger partial charge in [-0.15, -0.1) is 0 Å². The number of rotatable bonds is 5. The topological polar surface area (TPSA) is 21.3 Å². The Hall–Kier alpha value is -0.500. The van der Waals surface area contributed by atoms with Gasteiger partial charge in [0.15, 0.2) is 0 Å². The predicted molar refractivity (Wildman–Crippen MR) is 85.6 cm³/mol. The molecule has 116 valence electrons. The summed E-state index contributed by atoms with van der Waals surface area (Å²) in [5.74, 6) is 2.89. The molecule has 2 nitrogen and oxygen atoms in total. The zero-order valence-corrected chi connectivity index (χ0v) is 13.9. The molecule has 1 saturated carbocycles. The molecule has 0 bridgehead atoms. The lowest BCUT2D eigenvalue weighted by Gasteiger charge is -2.39. The van der Waals surface area contributed by atoms with Crippen molar-refractivity contribution in [3.63, 3.8) is 0 Å². The summed E-state index contributed by atoms with van der Waals surface area (Å²) >= 11 is 0. The van der Waals surface area contributed by atoms with Crippen LogP contribution in [0.5, 0.6) is 0 Å². The van der Waals surface area contributed by atoms with Gasteiger partial charge < -0.3 is 10.1 Å². The van der Waals surface area contributed by atoms with Crippen LogP contribution in [-0.4, -0.2) is 19.2 Å². The van der Waals surface area contributed by atoms with Crippen molar-refractivity contribution in [2.75, 3.05) is 13.2 Å². The van der Waals surface area contributed by atoms with Crippen LogP contribution in [0.2, 0.25) is 0 Å². The maximum absolute atomic E-state index is 5.86. The Bertz CT molecular complexity index is 321. The van der Waals surface area contributed by atoms with Crippen molar-refractivity contribution in [3.8, 4) is 0 Å². The van der Waals surface area contributed by atoms with Gasteiger partial charge in [0.1, 0.15) is 5.76 Å². The fourth-order valence-corrected chi connectivity index (χ4v) is 3.77. The second-order valence-corrected chi connectivity index (χ2v) is 7.65. The van der Waals surface area contributed by atoms with Crippen LogP contribution in [0.3, 0.4) is 0 Å². The van der Waals surface area contributed by atoms with E-state index in [4.69, 9.17) is 4.74 Å². The Morgan fingerprint density at radius 1 is 1.25 bits per heavy atom. The molecule has 2 aliphatic rings. The molecule has 0 amide bonds. The highest BCUT2D eigenvalue weighted by Crippen LogP contribution is 2.41. The molecule has 1 aliphatic heterocycles. The third-order valence-corrected chi connectivity index (χ3v) is 5.12. The van der Waals surface area contributed by atoms with Crippen LogP contribution in [0.15, 0.2) is 11.8 Å². The lowest BCUT2D eigenvalue weighted by Crippen LogP contribution is -2.41. The van der Waals surface area contributed by atoms with Crippen molar-refractivity contribution in [1.82, 2.24) is 5.32 Å². The third-order valence-electron chi connectivity index (χ3n) is 5.12. The molecule has 0 aromatic heterocycles. The number of hydrogen-bond acceptors (Lipinski definition) is 2. The normalized spacial score (nSPS) is 28.9. The van der Waals surface area contributed by atoms with E-state index in [9.17, 15) is 0 Å². The van der Waals surface area contributed by atoms with Gasteiger partial charge in [0.25, 0.3) is 0 Å². The fraction of sp³-hybridized carbons (Fsp3) is 0.889. The van der Waals surface area contributed by atoms with Crippen LogP contribution in [0.1, 0.15) is 66.2 Å². The summed E-state index contributed by atoms with van der Waals surface area (Å²) in [4.78, 5) is 0. The quantitative estimate of drug-likeness (QED) is 0.799. The minimum absolute atomic E-state index is 0.471. The summed E-state index contributed by atoms with van der Waals surface area (Å²) in [6, 6.07) is 0.471.